The molecule has 7 nitrogen and oxygen atoms in total. The molecule has 0 radical (unpaired) electrons. The molecule has 2 saturated heterocycles. The Bertz CT molecular complexity index is 989. The van der Waals surface area contributed by atoms with Gasteiger partial charge in [0.2, 0.25) is 0 Å². The summed E-state index contributed by atoms with van der Waals surface area (Å²) < 4.78 is 16.4. The zero-order valence-corrected chi connectivity index (χ0v) is 17.5. The van der Waals surface area contributed by atoms with Gasteiger partial charge in [-0.25, -0.2) is 4.98 Å². The van der Waals surface area contributed by atoms with Crippen LogP contribution in [-0.2, 0) is 9.47 Å². The fourth-order valence-corrected chi connectivity index (χ4v) is 4.28. The Morgan fingerprint density at radius 1 is 1.20 bits per heavy atom. The molecule has 3 heterocycles. The van der Waals surface area contributed by atoms with Gasteiger partial charge in [-0.2, -0.15) is 10.5 Å². The number of pyridine rings is 1. The van der Waals surface area contributed by atoms with E-state index in [1.165, 1.54) is 11.8 Å². The van der Waals surface area contributed by atoms with Crippen molar-refractivity contribution in [1.82, 2.24) is 4.98 Å². The molecule has 0 spiro atoms. The summed E-state index contributed by atoms with van der Waals surface area (Å²) in [5.74, 6) is 2.50. The lowest BCUT2D eigenvalue weighted by Gasteiger charge is -2.26. The first-order valence-corrected chi connectivity index (χ1v) is 10.8. The monoisotopic (exact) mass is 422 g/mol. The second kappa shape index (κ2) is 9.36. The number of hydrogen-bond donors (Lipinski definition) is 1. The van der Waals surface area contributed by atoms with Crippen LogP contribution in [-0.4, -0.2) is 50.3 Å². The van der Waals surface area contributed by atoms with Crippen LogP contribution in [0.3, 0.4) is 0 Å². The molecule has 1 aromatic carbocycles. The van der Waals surface area contributed by atoms with E-state index in [0.29, 0.717) is 40.1 Å². The maximum Gasteiger partial charge on any atom is 0.145 e. The molecule has 2 fully saturated rings. The molecule has 154 valence electrons. The van der Waals surface area contributed by atoms with E-state index in [2.05, 4.69) is 22.4 Å². The van der Waals surface area contributed by atoms with E-state index in [1.54, 1.807) is 7.05 Å². The number of benzene rings is 1. The molecule has 0 unspecified atom stereocenters. The third-order valence-electron chi connectivity index (χ3n) is 5.16. The molecule has 2 aromatic rings. The molecule has 0 amide bonds. The summed E-state index contributed by atoms with van der Waals surface area (Å²) in [6.45, 7) is 2.80. The standard InChI is InChI=1S/C22H22N4O3S/c1-25-21-18(8-23)20(19(9-24)22(26-21)30-13-14-10-27-11-14)15-2-4-16(5-3-15)29-12-17-6-7-28-17/h2-5,14,17H,6-7,10-13H2,1H3,(H,25,26)/t17-/m0/s1. The van der Waals surface area contributed by atoms with Crippen LogP contribution in [0.5, 0.6) is 5.75 Å². The van der Waals surface area contributed by atoms with Gasteiger partial charge < -0.3 is 19.5 Å². The van der Waals surface area contributed by atoms with Crippen molar-refractivity contribution in [3.05, 3.63) is 35.4 Å². The van der Waals surface area contributed by atoms with Crippen molar-refractivity contribution in [2.45, 2.75) is 17.6 Å². The Labute approximate surface area is 180 Å². The van der Waals surface area contributed by atoms with Crippen molar-refractivity contribution >= 4 is 17.6 Å². The number of nitriles is 2. The zero-order valence-electron chi connectivity index (χ0n) is 16.7. The van der Waals surface area contributed by atoms with Gasteiger partial charge in [0.1, 0.15) is 40.9 Å². The van der Waals surface area contributed by atoms with Crippen LogP contribution in [0.15, 0.2) is 29.3 Å². The molecule has 0 aliphatic carbocycles. The highest BCUT2D eigenvalue weighted by Gasteiger charge is 2.24. The molecule has 1 aromatic heterocycles. The fourth-order valence-electron chi connectivity index (χ4n) is 3.25. The zero-order chi connectivity index (χ0) is 20.9. The first-order chi connectivity index (χ1) is 14.7. The number of anilines is 1. The molecular weight excluding hydrogens is 400 g/mol. The largest absolute Gasteiger partial charge is 0.491 e. The van der Waals surface area contributed by atoms with Crippen LogP contribution in [0.2, 0.25) is 0 Å². The van der Waals surface area contributed by atoms with Crippen LogP contribution in [0.1, 0.15) is 17.5 Å². The third-order valence-corrected chi connectivity index (χ3v) is 6.37. The van der Waals surface area contributed by atoms with Crippen LogP contribution in [0, 0.1) is 28.6 Å². The smallest absolute Gasteiger partial charge is 0.145 e. The number of rotatable bonds is 8. The quantitative estimate of drug-likeness (QED) is 0.646. The van der Waals surface area contributed by atoms with Crippen LogP contribution >= 0.6 is 11.8 Å². The van der Waals surface area contributed by atoms with Crippen molar-refractivity contribution in [3.8, 4) is 29.0 Å². The van der Waals surface area contributed by atoms with Crippen LogP contribution in [0.25, 0.3) is 11.1 Å². The summed E-state index contributed by atoms with van der Waals surface area (Å²) in [6, 6.07) is 12.0. The Morgan fingerprint density at radius 3 is 2.47 bits per heavy atom. The van der Waals surface area contributed by atoms with E-state index in [0.717, 1.165) is 43.3 Å². The minimum Gasteiger partial charge on any atom is -0.491 e. The predicted octanol–water partition coefficient (Wildman–Crippen LogP) is 3.44. The van der Waals surface area contributed by atoms with E-state index in [-0.39, 0.29) is 6.10 Å². The van der Waals surface area contributed by atoms with Crippen molar-refractivity contribution < 1.29 is 14.2 Å². The van der Waals surface area contributed by atoms with Gasteiger partial charge in [0.25, 0.3) is 0 Å². The number of nitrogens with one attached hydrogen (secondary N) is 1. The second-order valence-electron chi connectivity index (χ2n) is 7.20. The SMILES string of the molecule is CNc1nc(SCC2COC2)c(C#N)c(-c2ccc(OC[C@@H]3CCO3)cc2)c1C#N. The molecule has 1 N–H and O–H groups in total. The lowest BCUT2D eigenvalue weighted by atomic mass is 9.96. The van der Waals surface area contributed by atoms with Gasteiger partial charge in [0.05, 0.1) is 24.9 Å². The maximum atomic E-state index is 9.92. The van der Waals surface area contributed by atoms with Crippen molar-refractivity contribution in [3.63, 3.8) is 0 Å². The second-order valence-corrected chi connectivity index (χ2v) is 8.20. The normalized spacial score (nSPS) is 17.9. The summed E-state index contributed by atoms with van der Waals surface area (Å²) in [6.07, 6.45) is 1.19. The first-order valence-electron chi connectivity index (χ1n) is 9.84. The molecule has 8 heteroatoms. The summed E-state index contributed by atoms with van der Waals surface area (Å²) in [5, 5.41) is 23.3. The topological polar surface area (TPSA) is 100 Å². The van der Waals surface area contributed by atoms with Crippen LogP contribution in [0.4, 0.5) is 5.82 Å². The highest BCUT2D eigenvalue weighted by molar-refractivity contribution is 7.99. The van der Waals surface area contributed by atoms with Gasteiger partial charge in [-0.15, -0.1) is 11.8 Å². The van der Waals surface area contributed by atoms with E-state index < -0.39 is 0 Å². The highest BCUT2D eigenvalue weighted by atomic mass is 32.2. The van der Waals surface area contributed by atoms with Crippen LogP contribution < -0.4 is 10.1 Å². The molecular formula is C22H22N4O3S. The minimum absolute atomic E-state index is 0.166. The number of aromatic nitrogens is 1. The molecule has 30 heavy (non-hydrogen) atoms. The highest BCUT2D eigenvalue weighted by Crippen LogP contribution is 2.38. The fraction of sp³-hybridized carbons (Fsp3) is 0.409. The van der Waals surface area contributed by atoms with Gasteiger partial charge in [0.15, 0.2) is 0 Å². The molecule has 1 atom stereocenters. The van der Waals surface area contributed by atoms with Gasteiger partial charge in [-0.1, -0.05) is 12.1 Å². The Balaban J connectivity index is 1.65. The molecule has 0 bridgehead atoms. The minimum atomic E-state index is 0.166. The van der Waals surface area contributed by atoms with Gasteiger partial charge in [0, 0.05) is 37.3 Å². The van der Waals surface area contributed by atoms with E-state index in [1.807, 2.05) is 24.3 Å². The van der Waals surface area contributed by atoms with Crippen molar-refractivity contribution in [2.24, 2.45) is 5.92 Å². The lowest BCUT2D eigenvalue weighted by molar-refractivity contribution is -0.0720. The average molecular weight is 423 g/mol. The van der Waals surface area contributed by atoms with E-state index in [9.17, 15) is 10.5 Å². The third kappa shape index (κ3) is 4.22. The Kier molecular flexibility index (Phi) is 6.39. The lowest BCUT2D eigenvalue weighted by Crippen LogP contribution is -2.32. The van der Waals surface area contributed by atoms with Gasteiger partial charge in [-0.05, 0) is 17.7 Å². The number of thioether (sulfide) groups is 1. The molecule has 2 aliphatic rings. The van der Waals surface area contributed by atoms with E-state index >= 15 is 0 Å². The average Bonchev–Trinajstić information content (AvgIpc) is 2.71. The molecule has 0 saturated carbocycles. The van der Waals surface area contributed by atoms with E-state index in [4.69, 9.17) is 14.2 Å². The Hall–Kier alpha value is -2.78. The first kappa shape index (κ1) is 20.5. The number of ether oxygens (including phenoxy) is 3. The summed E-state index contributed by atoms with van der Waals surface area (Å²) in [7, 11) is 1.73. The Morgan fingerprint density at radius 2 is 1.93 bits per heavy atom. The van der Waals surface area contributed by atoms with Gasteiger partial charge >= 0.3 is 0 Å². The van der Waals surface area contributed by atoms with Crippen molar-refractivity contribution in [1.29, 1.82) is 10.5 Å². The predicted molar refractivity (Wildman–Crippen MR) is 114 cm³/mol. The summed E-state index contributed by atoms with van der Waals surface area (Å²) >= 11 is 1.53. The summed E-state index contributed by atoms with van der Waals surface area (Å²) in [4.78, 5) is 4.56. The molecule has 4 rings (SSSR count). The maximum absolute atomic E-state index is 9.92. The molecule has 2 aliphatic heterocycles. The summed E-state index contributed by atoms with van der Waals surface area (Å²) in [5.41, 5.74) is 2.16. The number of hydrogen-bond acceptors (Lipinski definition) is 8. The van der Waals surface area contributed by atoms with Crippen molar-refractivity contribution in [2.75, 3.05) is 44.5 Å². The van der Waals surface area contributed by atoms with Gasteiger partial charge in [-0.3, -0.25) is 0 Å². The number of nitrogens with zero attached hydrogens (tertiary/aromatic N) is 3.